The summed E-state index contributed by atoms with van der Waals surface area (Å²) in [6.45, 7) is 3.94. The third kappa shape index (κ3) is 4.71. The highest BCUT2D eigenvalue weighted by Gasteiger charge is 2.26. The van der Waals surface area contributed by atoms with Crippen LogP contribution in [-0.4, -0.2) is 56.9 Å². The minimum Gasteiger partial charge on any atom is -0.356 e. The Balaban J connectivity index is 0.00000208. The van der Waals surface area contributed by atoms with Crippen LogP contribution in [0.5, 0.6) is 0 Å². The van der Waals surface area contributed by atoms with Gasteiger partial charge in [0, 0.05) is 64.8 Å². The van der Waals surface area contributed by atoms with Gasteiger partial charge in [0.2, 0.25) is 0 Å². The van der Waals surface area contributed by atoms with E-state index in [-0.39, 0.29) is 24.0 Å². The van der Waals surface area contributed by atoms with Crippen LogP contribution in [0.3, 0.4) is 0 Å². The van der Waals surface area contributed by atoms with Gasteiger partial charge < -0.3 is 14.8 Å². The van der Waals surface area contributed by atoms with Crippen LogP contribution in [0.2, 0.25) is 0 Å². The van der Waals surface area contributed by atoms with Gasteiger partial charge >= 0.3 is 0 Å². The molecule has 0 aliphatic carbocycles. The van der Waals surface area contributed by atoms with Gasteiger partial charge in [0.15, 0.2) is 5.96 Å². The van der Waals surface area contributed by atoms with E-state index in [0.29, 0.717) is 5.92 Å². The van der Waals surface area contributed by atoms with Crippen molar-refractivity contribution in [2.45, 2.75) is 25.3 Å². The van der Waals surface area contributed by atoms with Gasteiger partial charge in [0.25, 0.3) is 0 Å². The fourth-order valence-corrected chi connectivity index (χ4v) is 3.09. The zero-order valence-corrected chi connectivity index (χ0v) is 16.6. The van der Waals surface area contributed by atoms with Gasteiger partial charge in [-0.05, 0) is 18.4 Å². The number of hydrogen-bond donors (Lipinski definition) is 1. The number of rotatable bonds is 5. The Bertz CT molecular complexity index is 635. The zero-order valence-electron chi connectivity index (χ0n) is 14.3. The SMILES string of the molecule is CN=C(NCCCn1ccnc1)N1CCC(c2cnn(C)c2)C1.I. The number of halogens is 1. The second-order valence-corrected chi connectivity index (χ2v) is 6.01. The van der Waals surface area contributed by atoms with Crippen LogP contribution in [0.4, 0.5) is 0 Å². The summed E-state index contributed by atoms with van der Waals surface area (Å²) >= 11 is 0. The Labute approximate surface area is 160 Å². The normalized spacial score (nSPS) is 17.8. The molecule has 2 aromatic rings. The standard InChI is InChI=1S/C16H25N7.HI/c1-17-16(19-5-3-7-22-9-6-18-13-22)23-8-4-14(12-23)15-10-20-21(2)11-15;/h6,9-11,13-14H,3-5,7-8,12H2,1-2H3,(H,17,19);1H. The predicted molar refractivity (Wildman–Crippen MR) is 106 cm³/mol. The maximum Gasteiger partial charge on any atom is 0.193 e. The van der Waals surface area contributed by atoms with Crippen LogP contribution in [-0.2, 0) is 13.6 Å². The van der Waals surface area contributed by atoms with Crippen LogP contribution < -0.4 is 5.32 Å². The number of aliphatic imine (C=N–C) groups is 1. The Morgan fingerprint density at radius 2 is 2.33 bits per heavy atom. The molecule has 3 heterocycles. The quantitative estimate of drug-likeness (QED) is 0.331. The maximum atomic E-state index is 4.43. The third-order valence-electron chi connectivity index (χ3n) is 4.33. The van der Waals surface area contributed by atoms with E-state index in [2.05, 4.69) is 36.1 Å². The molecule has 1 atom stereocenters. The molecule has 1 saturated heterocycles. The summed E-state index contributed by atoms with van der Waals surface area (Å²) in [5, 5.41) is 7.75. The van der Waals surface area contributed by atoms with Crippen LogP contribution >= 0.6 is 24.0 Å². The molecule has 0 saturated carbocycles. The summed E-state index contributed by atoms with van der Waals surface area (Å²) in [7, 11) is 3.83. The molecule has 1 fully saturated rings. The number of likely N-dealkylation sites (tertiary alicyclic amines) is 1. The Kier molecular flexibility index (Phi) is 7.07. The van der Waals surface area contributed by atoms with Crippen molar-refractivity contribution in [3.8, 4) is 0 Å². The molecular weight excluding hydrogens is 417 g/mol. The largest absolute Gasteiger partial charge is 0.356 e. The van der Waals surface area contributed by atoms with Crippen molar-refractivity contribution >= 4 is 29.9 Å². The molecule has 132 valence electrons. The van der Waals surface area contributed by atoms with Crippen molar-refractivity contribution < 1.29 is 0 Å². The third-order valence-corrected chi connectivity index (χ3v) is 4.33. The van der Waals surface area contributed by atoms with Crippen molar-refractivity contribution in [3.05, 3.63) is 36.7 Å². The second-order valence-electron chi connectivity index (χ2n) is 6.01. The Morgan fingerprint density at radius 1 is 1.46 bits per heavy atom. The number of hydrogen-bond acceptors (Lipinski definition) is 3. The molecule has 0 bridgehead atoms. The number of nitrogens with zero attached hydrogens (tertiary/aromatic N) is 6. The first-order chi connectivity index (χ1) is 11.3. The fraction of sp³-hybridized carbons (Fsp3) is 0.562. The average Bonchev–Trinajstić information content (AvgIpc) is 3.28. The molecule has 0 radical (unpaired) electrons. The molecule has 0 spiro atoms. The summed E-state index contributed by atoms with van der Waals surface area (Å²) in [5.41, 5.74) is 1.32. The number of imidazole rings is 1. The van der Waals surface area contributed by atoms with E-state index in [1.54, 1.807) is 0 Å². The molecular formula is C16H26IN7. The van der Waals surface area contributed by atoms with Crippen LogP contribution in [0, 0.1) is 0 Å². The lowest BCUT2D eigenvalue weighted by molar-refractivity contribution is 0.482. The van der Waals surface area contributed by atoms with Crippen molar-refractivity contribution in [1.29, 1.82) is 0 Å². The molecule has 1 unspecified atom stereocenters. The topological polar surface area (TPSA) is 63.3 Å². The summed E-state index contributed by atoms with van der Waals surface area (Å²) < 4.78 is 3.97. The summed E-state index contributed by atoms with van der Waals surface area (Å²) in [4.78, 5) is 10.8. The second kappa shape index (κ2) is 9.05. The molecule has 0 amide bonds. The van der Waals surface area contributed by atoms with Crippen LogP contribution in [0.15, 0.2) is 36.1 Å². The zero-order chi connectivity index (χ0) is 16.1. The first-order valence-corrected chi connectivity index (χ1v) is 8.16. The maximum absolute atomic E-state index is 4.43. The Morgan fingerprint density at radius 3 is 3.00 bits per heavy atom. The van der Waals surface area contributed by atoms with Gasteiger partial charge in [-0.25, -0.2) is 4.98 Å². The molecule has 0 aromatic carbocycles. The number of aromatic nitrogens is 4. The van der Waals surface area contributed by atoms with E-state index in [0.717, 1.165) is 45.0 Å². The highest BCUT2D eigenvalue weighted by molar-refractivity contribution is 14.0. The van der Waals surface area contributed by atoms with Crippen molar-refractivity contribution in [1.82, 2.24) is 29.5 Å². The lowest BCUT2D eigenvalue weighted by atomic mass is 10.0. The molecule has 2 aromatic heterocycles. The fourth-order valence-electron chi connectivity index (χ4n) is 3.09. The van der Waals surface area contributed by atoms with E-state index in [4.69, 9.17) is 0 Å². The average molecular weight is 443 g/mol. The lowest BCUT2D eigenvalue weighted by Gasteiger charge is -2.21. The molecule has 1 N–H and O–H groups in total. The van der Waals surface area contributed by atoms with Gasteiger partial charge in [-0.2, -0.15) is 5.10 Å². The number of aryl methyl sites for hydroxylation is 2. The van der Waals surface area contributed by atoms with Crippen molar-refractivity contribution in [3.63, 3.8) is 0 Å². The van der Waals surface area contributed by atoms with E-state index >= 15 is 0 Å². The minimum absolute atomic E-state index is 0. The van der Waals surface area contributed by atoms with E-state index in [1.165, 1.54) is 5.56 Å². The van der Waals surface area contributed by atoms with Crippen LogP contribution in [0.1, 0.15) is 24.3 Å². The summed E-state index contributed by atoms with van der Waals surface area (Å²) in [6.07, 6.45) is 12.0. The first-order valence-electron chi connectivity index (χ1n) is 8.16. The highest BCUT2D eigenvalue weighted by Crippen LogP contribution is 2.26. The van der Waals surface area contributed by atoms with Gasteiger partial charge in [0.05, 0.1) is 12.5 Å². The van der Waals surface area contributed by atoms with Gasteiger partial charge in [0.1, 0.15) is 0 Å². The number of nitrogens with one attached hydrogen (secondary N) is 1. The molecule has 1 aliphatic rings. The summed E-state index contributed by atoms with van der Waals surface area (Å²) in [5.74, 6) is 1.55. The van der Waals surface area contributed by atoms with Gasteiger partial charge in [-0.15, -0.1) is 24.0 Å². The molecule has 7 nitrogen and oxygen atoms in total. The highest BCUT2D eigenvalue weighted by atomic mass is 127. The molecule has 8 heteroatoms. The van der Waals surface area contributed by atoms with Crippen LogP contribution in [0.25, 0.3) is 0 Å². The van der Waals surface area contributed by atoms with Crippen molar-refractivity contribution in [2.75, 3.05) is 26.7 Å². The number of guanidine groups is 1. The first kappa shape index (κ1) is 18.8. The molecule has 3 rings (SSSR count). The monoisotopic (exact) mass is 443 g/mol. The van der Waals surface area contributed by atoms with Crippen molar-refractivity contribution in [2.24, 2.45) is 12.0 Å². The van der Waals surface area contributed by atoms with Gasteiger partial charge in [-0.1, -0.05) is 0 Å². The minimum atomic E-state index is 0. The molecule has 1 aliphatic heterocycles. The van der Waals surface area contributed by atoms with E-state index < -0.39 is 0 Å². The van der Waals surface area contributed by atoms with E-state index in [9.17, 15) is 0 Å². The van der Waals surface area contributed by atoms with E-state index in [1.807, 2.05) is 43.7 Å². The smallest absolute Gasteiger partial charge is 0.193 e. The summed E-state index contributed by atoms with van der Waals surface area (Å²) in [6, 6.07) is 0. The Hall–Kier alpha value is -1.58. The lowest BCUT2D eigenvalue weighted by Crippen LogP contribution is -2.40. The van der Waals surface area contributed by atoms with Gasteiger partial charge in [-0.3, -0.25) is 9.67 Å². The molecule has 24 heavy (non-hydrogen) atoms. The predicted octanol–water partition coefficient (Wildman–Crippen LogP) is 1.69.